The molecule has 5 heteroatoms. The maximum atomic E-state index is 11.9. The second-order valence-electron chi connectivity index (χ2n) is 3.86. The molecule has 1 N–H and O–H groups in total. The summed E-state index contributed by atoms with van der Waals surface area (Å²) < 4.78 is 4.89. The second kappa shape index (κ2) is 5.73. The van der Waals surface area contributed by atoms with Crippen molar-refractivity contribution in [2.24, 2.45) is 0 Å². The Morgan fingerprint density at radius 2 is 2.22 bits per heavy atom. The highest BCUT2D eigenvalue weighted by Gasteiger charge is 2.09. The summed E-state index contributed by atoms with van der Waals surface area (Å²) in [6.45, 7) is 1.78. The van der Waals surface area contributed by atoms with Gasteiger partial charge in [-0.15, -0.1) is 11.8 Å². The van der Waals surface area contributed by atoms with Crippen LogP contribution < -0.4 is 5.32 Å². The Hall–Kier alpha value is -1.75. The number of thioether (sulfide) groups is 1. The van der Waals surface area contributed by atoms with Crippen LogP contribution in [0.1, 0.15) is 11.3 Å². The zero-order valence-electron chi connectivity index (χ0n) is 10.3. The lowest BCUT2D eigenvalue weighted by molar-refractivity contribution is -0.115. The van der Waals surface area contributed by atoms with E-state index in [-0.39, 0.29) is 5.91 Å². The molecule has 0 saturated carbocycles. The number of benzene rings is 1. The number of hydrogen-bond donors (Lipinski definition) is 1. The van der Waals surface area contributed by atoms with Crippen molar-refractivity contribution in [1.82, 2.24) is 5.16 Å². The van der Waals surface area contributed by atoms with Crippen LogP contribution in [0.2, 0.25) is 0 Å². The normalized spacial score (nSPS) is 10.3. The SMILES string of the molecule is CSc1ccccc1CC(=O)Nc1cc(C)on1. The molecule has 4 nitrogen and oxygen atoms in total. The van der Waals surface area contributed by atoms with Crippen LogP contribution in [0.5, 0.6) is 0 Å². The number of carbonyl (C=O) groups is 1. The molecule has 1 aromatic carbocycles. The predicted molar refractivity (Wildman–Crippen MR) is 71.8 cm³/mol. The summed E-state index contributed by atoms with van der Waals surface area (Å²) in [4.78, 5) is 13.0. The Kier molecular flexibility index (Phi) is 4.04. The molecule has 18 heavy (non-hydrogen) atoms. The van der Waals surface area contributed by atoms with E-state index < -0.39 is 0 Å². The van der Waals surface area contributed by atoms with E-state index >= 15 is 0 Å². The van der Waals surface area contributed by atoms with E-state index in [2.05, 4.69) is 10.5 Å². The Labute approximate surface area is 110 Å². The lowest BCUT2D eigenvalue weighted by Gasteiger charge is -2.06. The molecule has 1 aromatic heterocycles. The van der Waals surface area contributed by atoms with E-state index in [1.807, 2.05) is 30.5 Å². The molecule has 2 rings (SSSR count). The van der Waals surface area contributed by atoms with Gasteiger partial charge in [0.05, 0.1) is 6.42 Å². The maximum Gasteiger partial charge on any atom is 0.230 e. The minimum Gasteiger partial charge on any atom is -0.360 e. The molecule has 0 radical (unpaired) electrons. The summed E-state index contributed by atoms with van der Waals surface area (Å²) in [7, 11) is 0. The quantitative estimate of drug-likeness (QED) is 0.861. The number of hydrogen-bond acceptors (Lipinski definition) is 4. The highest BCUT2D eigenvalue weighted by molar-refractivity contribution is 7.98. The molecule has 0 bridgehead atoms. The third-order valence-electron chi connectivity index (χ3n) is 2.44. The fourth-order valence-electron chi connectivity index (χ4n) is 1.63. The number of amides is 1. The number of aryl methyl sites for hydroxylation is 1. The number of nitrogens with zero attached hydrogens (tertiary/aromatic N) is 1. The van der Waals surface area contributed by atoms with Gasteiger partial charge in [-0.1, -0.05) is 23.4 Å². The van der Waals surface area contributed by atoms with Gasteiger partial charge in [0.2, 0.25) is 5.91 Å². The fourth-order valence-corrected chi connectivity index (χ4v) is 2.25. The largest absolute Gasteiger partial charge is 0.360 e. The zero-order chi connectivity index (χ0) is 13.0. The van der Waals surface area contributed by atoms with Crippen molar-refractivity contribution in [3.8, 4) is 0 Å². The van der Waals surface area contributed by atoms with Gasteiger partial charge >= 0.3 is 0 Å². The van der Waals surface area contributed by atoms with Crippen LogP contribution in [0.4, 0.5) is 5.82 Å². The monoisotopic (exact) mass is 262 g/mol. The van der Waals surface area contributed by atoms with Gasteiger partial charge in [0.25, 0.3) is 0 Å². The first kappa shape index (κ1) is 12.7. The summed E-state index contributed by atoms with van der Waals surface area (Å²) in [5.41, 5.74) is 1.02. The van der Waals surface area contributed by atoms with Crippen molar-refractivity contribution < 1.29 is 9.32 Å². The minimum atomic E-state index is -0.0928. The first-order chi connectivity index (χ1) is 8.69. The first-order valence-electron chi connectivity index (χ1n) is 5.54. The van der Waals surface area contributed by atoms with E-state index in [4.69, 9.17) is 4.52 Å². The van der Waals surface area contributed by atoms with Gasteiger partial charge in [-0.25, -0.2) is 0 Å². The fraction of sp³-hybridized carbons (Fsp3) is 0.231. The number of carbonyl (C=O) groups excluding carboxylic acids is 1. The van der Waals surface area contributed by atoms with Crippen LogP contribution in [0.3, 0.4) is 0 Å². The van der Waals surface area contributed by atoms with Crippen molar-refractivity contribution in [2.45, 2.75) is 18.2 Å². The second-order valence-corrected chi connectivity index (χ2v) is 4.71. The Balaban J connectivity index is 2.03. The van der Waals surface area contributed by atoms with Crippen LogP contribution in [-0.2, 0) is 11.2 Å². The molecular weight excluding hydrogens is 248 g/mol. The van der Waals surface area contributed by atoms with Gasteiger partial charge in [-0.05, 0) is 24.8 Å². The van der Waals surface area contributed by atoms with Crippen LogP contribution in [0, 0.1) is 6.92 Å². The van der Waals surface area contributed by atoms with Crippen molar-refractivity contribution in [3.05, 3.63) is 41.7 Å². The molecule has 2 aromatic rings. The summed E-state index contributed by atoms with van der Waals surface area (Å²) in [6.07, 6.45) is 2.33. The molecule has 0 aliphatic heterocycles. The van der Waals surface area contributed by atoms with Gasteiger partial charge < -0.3 is 9.84 Å². The molecule has 0 saturated heterocycles. The Morgan fingerprint density at radius 3 is 2.89 bits per heavy atom. The van der Waals surface area contributed by atoms with Crippen molar-refractivity contribution in [2.75, 3.05) is 11.6 Å². The van der Waals surface area contributed by atoms with Crippen molar-refractivity contribution in [1.29, 1.82) is 0 Å². The highest BCUT2D eigenvalue weighted by Crippen LogP contribution is 2.20. The van der Waals surface area contributed by atoms with E-state index in [9.17, 15) is 4.79 Å². The Morgan fingerprint density at radius 1 is 1.44 bits per heavy atom. The molecule has 0 spiro atoms. The van der Waals surface area contributed by atoms with Crippen LogP contribution in [-0.4, -0.2) is 17.3 Å². The molecule has 0 unspecified atom stereocenters. The molecule has 94 valence electrons. The molecular formula is C13H14N2O2S. The summed E-state index contributed by atoms with van der Waals surface area (Å²) >= 11 is 1.63. The standard InChI is InChI=1S/C13H14N2O2S/c1-9-7-12(15-17-9)14-13(16)8-10-5-3-4-6-11(10)18-2/h3-7H,8H2,1-2H3,(H,14,15,16). The number of anilines is 1. The third kappa shape index (κ3) is 3.13. The number of nitrogens with one attached hydrogen (secondary N) is 1. The van der Waals surface area contributed by atoms with Crippen molar-refractivity contribution in [3.63, 3.8) is 0 Å². The zero-order valence-corrected chi connectivity index (χ0v) is 11.1. The van der Waals surface area contributed by atoms with Crippen LogP contribution in [0.25, 0.3) is 0 Å². The van der Waals surface area contributed by atoms with E-state index in [1.54, 1.807) is 24.8 Å². The highest BCUT2D eigenvalue weighted by atomic mass is 32.2. The third-order valence-corrected chi connectivity index (χ3v) is 3.28. The summed E-state index contributed by atoms with van der Waals surface area (Å²) in [5, 5.41) is 6.44. The van der Waals surface area contributed by atoms with Gasteiger partial charge in [0.15, 0.2) is 5.82 Å². The van der Waals surface area contributed by atoms with E-state index in [0.29, 0.717) is 18.0 Å². The van der Waals surface area contributed by atoms with Gasteiger partial charge in [-0.2, -0.15) is 0 Å². The van der Waals surface area contributed by atoms with Crippen LogP contribution in [0.15, 0.2) is 39.8 Å². The molecule has 0 fully saturated rings. The predicted octanol–water partition coefficient (Wildman–Crippen LogP) is 2.89. The lowest BCUT2D eigenvalue weighted by Crippen LogP contribution is -2.15. The number of aromatic nitrogens is 1. The van der Waals surface area contributed by atoms with E-state index in [0.717, 1.165) is 10.5 Å². The molecule has 1 amide bonds. The maximum absolute atomic E-state index is 11.9. The van der Waals surface area contributed by atoms with Crippen LogP contribution >= 0.6 is 11.8 Å². The van der Waals surface area contributed by atoms with Gasteiger partial charge in [0.1, 0.15) is 5.76 Å². The average molecular weight is 262 g/mol. The molecule has 0 aliphatic rings. The van der Waals surface area contributed by atoms with E-state index in [1.165, 1.54) is 0 Å². The van der Waals surface area contributed by atoms with Gasteiger partial charge in [-0.3, -0.25) is 4.79 Å². The number of rotatable bonds is 4. The smallest absolute Gasteiger partial charge is 0.230 e. The first-order valence-corrected chi connectivity index (χ1v) is 6.76. The minimum absolute atomic E-state index is 0.0928. The Bertz CT molecular complexity index is 551. The molecule has 1 heterocycles. The molecule has 0 atom stereocenters. The average Bonchev–Trinajstić information content (AvgIpc) is 2.75. The van der Waals surface area contributed by atoms with Crippen molar-refractivity contribution >= 4 is 23.5 Å². The summed E-state index contributed by atoms with van der Waals surface area (Å²) in [6, 6.07) is 9.56. The van der Waals surface area contributed by atoms with Gasteiger partial charge in [0, 0.05) is 11.0 Å². The molecule has 0 aliphatic carbocycles. The topological polar surface area (TPSA) is 55.1 Å². The summed E-state index contributed by atoms with van der Waals surface area (Å²) in [5.74, 6) is 1.04. The lowest BCUT2D eigenvalue weighted by atomic mass is 10.1.